The van der Waals surface area contributed by atoms with Gasteiger partial charge in [0.1, 0.15) is 17.1 Å². The van der Waals surface area contributed by atoms with Crippen LogP contribution in [0.5, 0.6) is 11.5 Å². The molecule has 1 fully saturated rings. The van der Waals surface area contributed by atoms with Crippen molar-refractivity contribution in [3.63, 3.8) is 0 Å². The van der Waals surface area contributed by atoms with Gasteiger partial charge in [-0.1, -0.05) is 43.2 Å². The fourth-order valence-electron chi connectivity index (χ4n) is 6.18. The number of benzene rings is 3. The number of nitrogens with zero attached hydrogens (tertiary/aromatic N) is 3. The number of fused-ring (bicyclic) bond motifs is 1. The highest BCUT2D eigenvalue weighted by molar-refractivity contribution is 6.30. The van der Waals surface area contributed by atoms with Crippen molar-refractivity contribution in [3.8, 4) is 11.5 Å². The van der Waals surface area contributed by atoms with Gasteiger partial charge in [0.25, 0.3) is 0 Å². The summed E-state index contributed by atoms with van der Waals surface area (Å²) >= 11 is 6.20. The summed E-state index contributed by atoms with van der Waals surface area (Å²) in [5.74, 6) is 0.740. The second-order valence-electron chi connectivity index (χ2n) is 12.3. The molecule has 0 radical (unpaired) electrons. The summed E-state index contributed by atoms with van der Waals surface area (Å²) in [5, 5.41) is 8.77. The van der Waals surface area contributed by atoms with Gasteiger partial charge in [-0.15, -0.1) is 0 Å². The summed E-state index contributed by atoms with van der Waals surface area (Å²) < 4.78 is 11.6. The summed E-state index contributed by atoms with van der Waals surface area (Å²) in [6, 6.07) is 19.8. The van der Waals surface area contributed by atoms with E-state index in [4.69, 9.17) is 21.1 Å². The maximum absolute atomic E-state index is 12.8. The molecule has 2 aliphatic rings. The predicted octanol–water partition coefficient (Wildman–Crippen LogP) is 7.97. The van der Waals surface area contributed by atoms with Crippen molar-refractivity contribution in [1.29, 1.82) is 0 Å². The van der Waals surface area contributed by atoms with E-state index in [1.165, 1.54) is 17.6 Å². The number of ether oxygens (including phenoxy) is 2. The third kappa shape index (κ3) is 6.73. The lowest BCUT2D eigenvalue weighted by Crippen LogP contribution is -2.47. The Morgan fingerprint density at radius 1 is 1.02 bits per heavy atom. The number of hydrogen-bond donors (Lipinski definition) is 1. The molecule has 1 saturated heterocycles. The van der Waals surface area contributed by atoms with Crippen LogP contribution in [0.2, 0.25) is 5.02 Å². The molecule has 0 bridgehead atoms. The Morgan fingerprint density at radius 3 is 2.58 bits per heavy atom. The van der Waals surface area contributed by atoms with Crippen molar-refractivity contribution in [2.75, 3.05) is 44.2 Å². The second kappa shape index (κ2) is 12.4. The highest BCUT2D eigenvalue weighted by Crippen LogP contribution is 2.43. The first kappa shape index (κ1) is 29.3. The molecule has 1 aliphatic heterocycles. The van der Waals surface area contributed by atoms with Gasteiger partial charge in [0.05, 0.1) is 18.3 Å². The van der Waals surface area contributed by atoms with Crippen LogP contribution in [0, 0.1) is 5.41 Å². The maximum atomic E-state index is 12.8. The Balaban J connectivity index is 1.18. The molecule has 0 unspecified atom stereocenters. The molecule has 2 heterocycles. The first-order valence-corrected chi connectivity index (χ1v) is 15.5. The molecule has 0 spiro atoms. The summed E-state index contributed by atoms with van der Waals surface area (Å²) in [7, 11) is 0. The molecule has 0 saturated carbocycles. The van der Waals surface area contributed by atoms with Crippen LogP contribution in [0.4, 0.5) is 5.69 Å². The Bertz CT molecular complexity index is 1630. The Morgan fingerprint density at radius 2 is 1.81 bits per heavy atom. The maximum Gasteiger partial charge on any atom is 0.341 e. The highest BCUT2D eigenvalue weighted by atomic mass is 35.5. The van der Waals surface area contributed by atoms with Crippen LogP contribution in [-0.2, 0) is 4.74 Å². The Labute approximate surface area is 258 Å². The number of H-pyrrole nitrogens is 1. The zero-order chi connectivity index (χ0) is 30.0. The third-order valence-corrected chi connectivity index (χ3v) is 8.88. The molecule has 7 nitrogen and oxygen atoms in total. The van der Waals surface area contributed by atoms with Gasteiger partial charge >= 0.3 is 5.97 Å². The van der Waals surface area contributed by atoms with Gasteiger partial charge in [0, 0.05) is 54.9 Å². The summed E-state index contributed by atoms with van der Waals surface area (Å²) in [6.45, 7) is 11.6. The van der Waals surface area contributed by atoms with Crippen LogP contribution in [0.15, 0.2) is 72.4 Å². The third-order valence-electron chi connectivity index (χ3n) is 8.63. The van der Waals surface area contributed by atoms with Crippen LogP contribution >= 0.6 is 11.6 Å². The molecule has 43 heavy (non-hydrogen) atoms. The quantitative estimate of drug-likeness (QED) is 0.207. The topological polar surface area (TPSA) is 70.7 Å². The SMILES string of the molecule is CCOC(=O)c1ccc(N2CCN(CC3=C(c4ccc(Cl)cc4)CC(C)(C)CC3)CC2)cc1Oc1ccc2[nH]ncc2c1. The van der Waals surface area contributed by atoms with Crippen LogP contribution in [-0.4, -0.2) is 60.4 Å². The standard InChI is InChI=1S/C35H39ClN4O3/c1-4-42-34(41)30-11-9-28(20-33(30)43-29-10-12-32-26(19-29)22-37-38-32)40-17-15-39(16-18-40)23-25-13-14-35(2,3)21-31(25)24-5-7-27(36)8-6-24/h5-12,19-20,22H,4,13-18,21,23H2,1-3H3,(H,37,38). The molecule has 3 aromatic carbocycles. The van der Waals surface area contributed by atoms with Gasteiger partial charge in [-0.05, 0) is 85.2 Å². The summed E-state index contributed by atoms with van der Waals surface area (Å²) in [6.07, 6.45) is 5.19. The van der Waals surface area contributed by atoms with Crippen LogP contribution in [0.25, 0.3) is 16.5 Å². The number of carbonyl (C=O) groups is 1. The molecule has 0 amide bonds. The van der Waals surface area contributed by atoms with E-state index in [1.807, 2.05) is 55.5 Å². The molecule has 1 N–H and O–H groups in total. The Kier molecular flexibility index (Phi) is 8.46. The van der Waals surface area contributed by atoms with Crippen molar-refractivity contribution in [2.45, 2.75) is 40.0 Å². The summed E-state index contributed by atoms with van der Waals surface area (Å²) in [5.41, 5.74) is 7.02. The van der Waals surface area contributed by atoms with Gasteiger partial charge in [0.2, 0.25) is 0 Å². The zero-order valence-electron chi connectivity index (χ0n) is 25.2. The average molecular weight is 599 g/mol. The van der Waals surface area contributed by atoms with Gasteiger partial charge < -0.3 is 14.4 Å². The second-order valence-corrected chi connectivity index (χ2v) is 12.8. The number of halogens is 1. The number of hydrogen-bond acceptors (Lipinski definition) is 6. The number of nitrogens with one attached hydrogen (secondary N) is 1. The van der Waals surface area contributed by atoms with E-state index >= 15 is 0 Å². The number of carbonyl (C=O) groups excluding carboxylic acids is 1. The van der Waals surface area contributed by atoms with E-state index < -0.39 is 5.97 Å². The molecular weight excluding hydrogens is 560 g/mol. The number of allylic oxidation sites excluding steroid dienone is 1. The first-order valence-electron chi connectivity index (χ1n) is 15.1. The number of aromatic nitrogens is 2. The normalized spacial score (nSPS) is 17.3. The van der Waals surface area contributed by atoms with Gasteiger partial charge in [0.15, 0.2) is 0 Å². The van der Waals surface area contributed by atoms with E-state index in [1.54, 1.807) is 11.8 Å². The lowest BCUT2D eigenvalue weighted by molar-refractivity contribution is 0.0523. The first-order chi connectivity index (χ1) is 20.8. The van der Waals surface area contributed by atoms with Crippen LogP contribution in [0.1, 0.15) is 56.0 Å². The fraction of sp³-hybridized carbons (Fsp3) is 0.371. The van der Waals surface area contributed by atoms with E-state index in [0.717, 1.165) is 67.2 Å². The van der Waals surface area contributed by atoms with E-state index in [2.05, 4.69) is 46.0 Å². The van der Waals surface area contributed by atoms with Crippen LogP contribution < -0.4 is 9.64 Å². The number of anilines is 1. The largest absolute Gasteiger partial charge is 0.462 e. The van der Waals surface area contributed by atoms with Crippen molar-refractivity contribution in [2.24, 2.45) is 5.41 Å². The highest BCUT2D eigenvalue weighted by Gasteiger charge is 2.29. The molecule has 1 aliphatic carbocycles. The smallest absolute Gasteiger partial charge is 0.341 e. The van der Waals surface area contributed by atoms with Crippen molar-refractivity contribution < 1.29 is 14.3 Å². The van der Waals surface area contributed by atoms with Gasteiger partial charge in [-0.25, -0.2) is 4.79 Å². The lowest BCUT2D eigenvalue weighted by atomic mass is 9.72. The summed E-state index contributed by atoms with van der Waals surface area (Å²) in [4.78, 5) is 17.7. The molecular formula is C35H39ClN4O3. The lowest BCUT2D eigenvalue weighted by Gasteiger charge is -2.39. The van der Waals surface area contributed by atoms with Crippen molar-refractivity contribution >= 4 is 39.7 Å². The van der Waals surface area contributed by atoms with E-state index in [0.29, 0.717) is 29.1 Å². The average Bonchev–Trinajstić information content (AvgIpc) is 3.47. The monoisotopic (exact) mass is 598 g/mol. The van der Waals surface area contributed by atoms with Crippen LogP contribution in [0.3, 0.4) is 0 Å². The minimum absolute atomic E-state index is 0.302. The minimum atomic E-state index is -0.390. The molecule has 1 aromatic heterocycles. The predicted molar refractivity (Wildman–Crippen MR) is 173 cm³/mol. The van der Waals surface area contributed by atoms with E-state index in [-0.39, 0.29) is 0 Å². The minimum Gasteiger partial charge on any atom is -0.462 e. The van der Waals surface area contributed by atoms with E-state index in [9.17, 15) is 4.79 Å². The molecule has 4 aromatic rings. The molecule has 0 atom stereocenters. The fourth-order valence-corrected chi connectivity index (χ4v) is 6.30. The number of esters is 1. The van der Waals surface area contributed by atoms with Gasteiger partial charge in [-0.3, -0.25) is 10.00 Å². The molecule has 8 heteroatoms. The van der Waals surface area contributed by atoms with Crippen molar-refractivity contribution in [1.82, 2.24) is 15.1 Å². The Hall–Kier alpha value is -3.81. The number of aromatic amines is 1. The molecule has 6 rings (SSSR count). The number of rotatable bonds is 8. The van der Waals surface area contributed by atoms with Gasteiger partial charge in [-0.2, -0.15) is 5.10 Å². The zero-order valence-corrected chi connectivity index (χ0v) is 25.9. The van der Waals surface area contributed by atoms with Crippen molar-refractivity contribution in [3.05, 3.63) is 88.6 Å². The molecule has 224 valence electrons. The number of piperazine rings is 1.